The van der Waals surface area contributed by atoms with Crippen LogP contribution in [0.25, 0.3) is 33.8 Å². The Kier molecular flexibility index (Phi) is 5.92. The summed E-state index contributed by atoms with van der Waals surface area (Å²) in [7, 11) is 0. The van der Waals surface area contributed by atoms with Gasteiger partial charge in [-0.3, -0.25) is 14.2 Å². The van der Waals surface area contributed by atoms with E-state index in [0.29, 0.717) is 33.4 Å². The molecule has 0 N–H and O–H groups in total. The number of fused-ring (bicyclic) bond motifs is 2. The van der Waals surface area contributed by atoms with Crippen molar-refractivity contribution in [2.45, 2.75) is 0 Å². The van der Waals surface area contributed by atoms with Gasteiger partial charge in [0.25, 0.3) is 11.8 Å². The van der Waals surface area contributed by atoms with E-state index >= 15 is 0 Å². The maximum absolute atomic E-state index is 13.9. The zero-order valence-corrected chi connectivity index (χ0v) is 21.2. The molecule has 0 bridgehead atoms. The summed E-state index contributed by atoms with van der Waals surface area (Å²) < 4.78 is 1.61. The molecule has 0 radical (unpaired) electrons. The largest absolute Gasteiger partial charge is 0.298 e. The smallest absolute Gasteiger partial charge is 0.268 e. The Bertz CT molecular complexity index is 1970. The topological polar surface area (TPSA) is 89.9 Å². The molecule has 4 aromatic carbocycles. The Hall–Kier alpha value is -5.98. The van der Waals surface area contributed by atoms with E-state index in [1.807, 2.05) is 48.5 Å². The second-order valence-electron chi connectivity index (χ2n) is 9.18. The lowest BCUT2D eigenvalue weighted by molar-refractivity contribution is 0.0926. The summed E-state index contributed by atoms with van der Waals surface area (Å²) in [6, 6.07) is 31.8. The van der Waals surface area contributed by atoms with Gasteiger partial charge in [-0.15, -0.1) is 0 Å². The van der Waals surface area contributed by atoms with Crippen LogP contribution in [0, 0.1) is 22.7 Å². The number of carbonyl (C=O) groups excluding carboxylic acids is 2. The Morgan fingerprint density at radius 2 is 1.48 bits per heavy atom. The van der Waals surface area contributed by atoms with Crippen molar-refractivity contribution in [2.24, 2.45) is 0 Å². The first-order valence-corrected chi connectivity index (χ1v) is 12.5. The monoisotopic (exact) mass is 516 g/mol. The lowest BCUT2D eigenvalue weighted by atomic mass is 10.1. The molecule has 1 aliphatic heterocycles. The number of anilines is 1. The van der Waals surface area contributed by atoms with Crippen LogP contribution in [0.5, 0.6) is 0 Å². The molecule has 2 amide bonds. The van der Waals surface area contributed by atoms with Gasteiger partial charge in [0.2, 0.25) is 0 Å². The van der Waals surface area contributed by atoms with Crippen molar-refractivity contribution in [2.75, 3.05) is 4.90 Å². The van der Waals surface area contributed by atoms with Gasteiger partial charge in [0, 0.05) is 10.9 Å². The van der Waals surface area contributed by atoms with Crippen molar-refractivity contribution in [1.29, 1.82) is 10.5 Å². The summed E-state index contributed by atoms with van der Waals surface area (Å²) in [5.74, 6) is -0.942. The van der Waals surface area contributed by atoms with Crippen LogP contribution in [-0.4, -0.2) is 16.4 Å². The Morgan fingerprint density at radius 3 is 2.17 bits per heavy atom. The van der Waals surface area contributed by atoms with Crippen molar-refractivity contribution in [3.63, 3.8) is 0 Å². The highest BCUT2D eigenvalue weighted by Crippen LogP contribution is 2.38. The highest BCUT2D eigenvalue weighted by molar-refractivity contribution is 6.35. The minimum atomic E-state index is -0.494. The van der Waals surface area contributed by atoms with E-state index in [1.54, 1.807) is 65.3 Å². The van der Waals surface area contributed by atoms with Gasteiger partial charge in [0.15, 0.2) is 0 Å². The number of imide groups is 1. The van der Waals surface area contributed by atoms with Gasteiger partial charge in [-0.1, -0.05) is 85.5 Å². The normalized spacial score (nSPS) is 12.5. The zero-order valence-electron chi connectivity index (χ0n) is 21.2. The average molecular weight is 517 g/mol. The zero-order chi connectivity index (χ0) is 27.8. The highest BCUT2D eigenvalue weighted by atomic mass is 16.2. The fraction of sp³-hybridized carbons (Fsp3) is 0. The molecule has 6 rings (SSSR count). The quantitative estimate of drug-likeness (QED) is 0.185. The van der Waals surface area contributed by atoms with E-state index in [0.717, 1.165) is 16.0 Å². The summed E-state index contributed by atoms with van der Waals surface area (Å²) in [5.41, 5.74) is 4.88. The number of carbonyl (C=O) groups is 2. The standard InChI is InChI=1S/C34H20N4O2/c1-2-3-12-26-27-13-7-11-24(20-35)32(27)38(30(26)21-36)29-15-8-14-28-31(29)34(40)37(33(28)39)25-18-16-23(17-19-25)22-9-5-4-6-10-22/h2-19H,1H2/b12-3-. The number of nitriles is 2. The fourth-order valence-corrected chi connectivity index (χ4v) is 5.26. The molecule has 0 saturated carbocycles. The van der Waals surface area contributed by atoms with Gasteiger partial charge in [-0.2, -0.15) is 10.5 Å². The van der Waals surface area contributed by atoms with E-state index in [2.05, 4.69) is 18.7 Å². The van der Waals surface area contributed by atoms with Crippen molar-refractivity contribution in [3.05, 3.63) is 138 Å². The lowest BCUT2D eigenvalue weighted by Crippen LogP contribution is -2.29. The molecule has 0 aliphatic carbocycles. The summed E-state index contributed by atoms with van der Waals surface area (Å²) in [6.45, 7) is 3.72. The van der Waals surface area contributed by atoms with Crippen molar-refractivity contribution < 1.29 is 9.59 Å². The third-order valence-corrected chi connectivity index (χ3v) is 7.02. The SMILES string of the molecule is C=C/C=C\c1c(C#N)n(-c2cccc3c2C(=O)N(c2ccc(-c4ccccc4)cc2)C3=O)c2c(C#N)cccc12. The molecule has 6 heteroatoms. The Labute approximate surface area is 230 Å². The van der Waals surface area contributed by atoms with Gasteiger partial charge in [0.05, 0.1) is 33.6 Å². The first-order valence-electron chi connectivity index (χ1n) is 12.5. The van der Waals surface area contributed by atoms with Gasteiger partial charge >= 0.3 is 0 Å². The molecule has 2 heterocycles. The predicted octanol–water partition coefficient (Wildman–Crippen LogP) is 7.04. The van der Waals surface area contributed by atoms with E-state index in [1.165, 1.54) is 0 Å². The number of rotatable bonds is 5. The van der Waals surface area contributed by atoms with Gasteiger partial charge in [0.1, 0.15) is 17.8 Å². The molecule has 188 valence electrons. The number of para-hydroxylation sites is 1. The second-order valence-corrected chi connectivity index (χ2v) is 9.18. The first-order chi connectivity index (χ1) is 19.6. The van der Waals surface area contributed by atoms with Crippen molar-refractivity contribution >= 4 is 34.5 Å². The van der Waals surface area contributed by atoms with Crippen LogP contribution in [0.1, 0.15) is 37.5 Å². The molecule has 0 saturated heterocycles. The minimum Gasteiger partial charge on any atom is -0.298 e. The van der Waals surface area contributed by atoms with Crippen LogP contribution in [-0.2, 0) is 0 Å². The third-order valence-electron chi connectivity index (χ3n) is 7.02. The minimum absolute atomic E-state index is 0.181. The molecule has 0 spiro atoms. The summed E-state index contributed by atoms with van der Waals surface area (Å²) >= 11 is 0. The molecule has 0 atom stereocenters. The number of benzene rings is 4. The van der Waals surface area contributed by atoms with Crippen molar-refractivity contribution in [1.82, 2.24) is 4.57 Å². The van der Waals surface area contributed by atoms with Gasteiger partial charge in [-0.25, -0.2) is 4.90 Å². The van der Waals surface area contributed by atoms with Crippen LogP contribution >= 0.6 is 0 Å². The van der Waals surface area contributed by atoms with E-state index < -0.39 is 11.8 Å². The van der Waals surface area contributed by atoms with E-state index in [9.17, 15) is 20.1 Å². The molecule has 1 aromatic heterocycles. The predicted molar refractivity (Wildman–Crippen MR) is 155 cm³/mol. The maximum atomic E-state index is 13.9. The highest BCUT2D eigenvalue weighted by Gasteiger charge is 2.39. The number of amides is 2. The molecule has 6 nitrogen and oxygen atoms in total. The molecular weight excluding hydrogens is 496 g/mol. The van der Waals surface area contributed by atoms with Crippen LogP contribution in [0.4, 0.5) is 5.69 Å². The molecule has 5 aromatic rings. The maximum Gasteiger partial charge on any atom is 0.268 e. The number of hydrogen-bond acceptors (Lipinski definition) is 4. The van der Waals surface area contributed by atoms with Crippen LogP contribution in [0.15, 0.2) is 110 Å². The van der Waals surface area contributed by atoms with Crippen LogP contribution in [0.2, 0.25) is 0 Å². The molecule has 1 aliphatic rings. The number of nitrogens with zero attached hydrogens (tertiary/aromatic N) is 4. The second kappa shape index (κ2) is 9.72. The molecular formula is C34H20N4O2. The van der Waals surface area contributed by atoms with E-state index in [-0.39, 0.29) is 16.8 Å². The Balaban J connectivity index is 1.54. The van der Waals surface area contributed by atoms with Crippen LogP contribution in [0.3, 0.4) is 0 Å². The number of hydrogen-bond donors (Lipinski definition) is 0. The summed E-state index contributed by atoms with van der Waals surface area (Å²) in [6.07, 6.45) is 5.06. The van der Waals surface area contributed by atoms with Gasteiger partial charge < -0.3 is 0 Å². The molecule has 0 fully saturated rings. The van der Waals surface area contributed by atoms with Gasteiger partial charge in [-0.05, 0) is 41.5 Å². The summed E-state index contributed by atoms with van der Waals surface area (Å²) in [5, 5.41) is 20.9. The lowest BCUT2D eigenvalue weighted by Gasteiger charge is -2.15. The van der Waals surface area contributed by atoms with E-state index in [4.69, 9.17) is 0 Å². The Morgan fingerprint density at radius 1 is 0.750 bits per heavy atom. The fourth-order valence-electron chi connectivity index (χ4n) is 5.26. The summed E-state index contributed by atoms with van der Waals surface area (Å²) in [4.78, 5) is 28.7. The third kappa shape index (κ3) is 3.64. The van der Waals surface area contributed by atoms with Crippen molar-refractivity contribution in [3.8, 4) is 29.0 Å². The molecule has 40 heavy (non-hydrogen) atoms. The first kappa shape index (κ1) is 24.4. The van der Waals surface area contributed by atoms with Crippen LogP contribution < -0.4 is 4.90 Å². The number of aromatic nitrogens is 1. The average Bonchev–Trinajstić information content (AvgIpc) is 3.46. The number of allylic oxidation sites excluding steroid dienone is 2. The molecule has 0 unspecified atom stereocenters.